The normalized spacial score (nSPS) is 12.1. The summed E-state index contributed by atoms with van der Waals surface area (Å²) in [6.45, 7) is 4.02. The SMILES string of the molecule is Cc1ccc(N)cc1SCC(=O)NC(C)c1cccs1. The van der Waals surface area contributed by atoms with Crippen molar-refractivity contribution in [1.82, 2.24) is 5.32 Å². The van der Waals surface area contributed by atoms with E-state index in [0.717, 1.165) is 16.1 Å². The van der Waals surface area contributed by atoms with Crippen LogP contribution in [0.1, 0.15) is 23.4 Å². The van der Waals surface area contributed by atoms with Gasteiger partial charge in [-0.2, -0.15) is 0 Å². The van der Waals surface area contributed by atoms with E-state index in [1.165, 1.54) is 16.6 Å². The molecule has 1 aromatic carbocycles. The Morgan fingerprint density at radius 2 is 2.25 bits per heavy atom. The number of carbonyl (C=O) groups is 1. The molecule has 0 aliphatic rings. The number of aryl methyl sites for hydroxylation is 1. The first-order chi connectivity index (χ1) is 9.56. The van der Waals surface area contributed by atoms with E-state index in [0.29, 0.717) is 5.75 Å². The zero-order valence-electron chi connectivity index (χ0n) is 11.6. The maximum atomic E-state index is 12.0. The van der Waals surface area contributed by atoms with Crippen molar-refractivity contribution in [3.05, 3.63) is 46.2 Å². The maximum Gasteiger partial charge on any atom is 0.230 e. The van der Waals surface area contributed by atoms with Crippen LogP contribution in [0.25, 0.3) is 0 Å². The second kappa shape index (κ2) is 6.81. The van der Waals surface area contributed by atoms with Crippen LogP contribution in [0.15, 0.2) is 40.6 Å². The van der Waals surface area contributed by atoms with Gasteiger partial charge in [0, 0.05) is 15.5 Å². The van der Waals surface area contributed by atoms with Gasteiger partial charge in [0.2, 0.25) is 5.91 Å². The molecular formula is C15H18N2OS2. The van der Waals surface area contributed by atoms with Crippen molar-refractivity contribution in [1.29, 1.82) is 0 Å². The van der Waals surface area contributed by atoms with Crippen LogP contribution in [-0.2, 0) is 4.79 Å². The Kier molecular flexibility index (Phi) is 5.09. The van der Waals surface area contributed by atoms with Crippen molar-refractivity contribution in [2.75, 3.05) is 11.5 Å². The molecule has 1 atom stereocenters. The van der Waals surface area contributed by atoms with Gasteiger partial charge in [0.1, 0.15) is 0 Å². The predicted molar refractivity (Wildman–Crippen MR) is 87.2 cm³/mol. The van der Waals surface area contributed by atoms with Gasteiger partial charge in [0.25, 0.3) is 0 Å². The standard InChI is InChI=1S/C15H18N2OS2/c1-10-5-6-12(16)8-14(10)20-9-15(18)17-11(2)13-4-3-7-19-13/h3-8,11H,9,16H2,1-2H3,(H,17,18). The van der Waals surface area contributed by atoms with Gasteiger partial charge in [-0.1, -0.05) is 12.1 Å². The van der Waals surface area contributed by atoms with Crippen LogP contribution < -0.4 is 11.1 Å². The van der Waals surface area contributed by atoms with Gasteiger partial charge in [0.05, 0.1) is 11.8 Å². The summed E-state index contributed by atoms with van der Waals surface area (Å²) in [6.07, 6.45) is 0. The Morgan fingerprint density at radius 1 is 1.45 bits per heavy atom. The molecule has 0 aliphatic carbocycles. The van der Waals surface area contributed by atoms with Gasteiger partial charge in [-0.25, -0.2) is 0 Å². The van der Waals surface area contributed by atoms with Crippen LogP contribution in [0.4, 0.5) is 5.69 Å². The molecule has 5 heteroatoms. The minimum Gasteiger partial charge on any atom is -0.399 e. The van der Waals surface area contributed by atoms with Crippen LogP contribution in [0.5, 0.6) is 0 Å². The second-order valence-corrected chi connectivity index (χ2v) is 6.61. The molecule has 3 nitrogen and oxygen atoms in total. The zero-order chi connectivity index (χ0) is 14.5. The quantitative estimate of drug-likeness (QED) is 0.655. The van der Waals surface area contributed by atoms with Crippen LogP contribution in [-0.4, -0.2) is 11.7 Å². The van der Waals surface area contributed by atoms with E-state index >= 15 is 0 Å². The number of thiophene rings is 1. The molecule has 20 heavy (non-hydrogen) atoms. The molecular weight excluding hydrogens is 288 g/mol. The van der Waals surface area contributed by atoms with Gasteiger partial charge in [0.15, 0.2) is 0 Å². The van der Waals surface area contributed by atoms with Crippen molar-refractivity contribution in [3.8, 4) is 0 Å². The van der Waals surface area contributed by atoms with Crippen molar-refractivity contribution in [2.45, 2.75) is 24.8 Å². The number of carbonyl (C=O) groups excluding carboxylic acids is 1. The minimum atomic E-state index is 0.0396. The molecule has 1 heterocycles. The fraction of sp³-hybridized carbons (Fsp3) is 0.267. The molecule has 0 aliphatic heterocycles. The molecule has 1 aromatic heterocycles. The lowest BCUT2D eigenvalue weighted by molar-refractivity contribution is -0.119. The van der Waals surface area contributed by atoms with E-state index < -0.39 is 0 Å². The van der Waals surface area contributed by atoms with Gasteiger partial charge < -0.3 is 11.1 Å². The highest BCUT2D eigenvalue weighted by Gasteiger charge is 2.11. The molecule has 1 amide bonds. The van der Waals surface area contributed by atoms with Crippen LogP contribution >= 0.6 is 23.1 Å². The molecule has 0 fully saturated rings. The van der Waals surface area contributed by atoms with Crippen LogP contribution in [0.2, 0.25) is 0 Å². The Labute approximate surface area is 127 Å². The number of amides is 1. The first-order valence-electron chi connectivity index (χ1n) is 6.38. The van der Waals surface area contributed by atoms with Crippen molar-refractivity contribution in [3.63, 3.8) is 0 Å². The largest absolute Gasteiger partial charge is 0.399 e. The van der Waals surface area contributed by atoms with Gasteiger partial charge in [-0.05, 0) is 43.0 Å². The Bertz CT molecular complexity index is 582. The van der Waals surface area contributed by atoms with Crippen molar-refractivity contribution < 1.29 is 4.79 Å². The third-order valence-corrected chi connectivity index (χ3v) is 5.13. The van der Waals surface area contributed by atoms with E-state index in [4.69, 9.17) is 5.73 Å². The molecule has 0 saturated carbocycles. The summed E-state index contributed by atoms with van der Waals surface area (Å²) >= 11 is 3.17. The van der Waals surface area contributed by atoms with Crippen molar-refractivity contribution in [2.24, 2.45) is 0 Å². The molecule has 0 radical (unpaired) electrons. The van der Waals surface area contributed by atoms with Gasteiger partial charge in [-0.3, -0.25) is 4.79 Å². The first-order valence-corrected chi connectivity index (χ1v) is 8.24. The molecule has 2 rings (SSSR count). The molecule has 3 N–H and O–H groups in total. The molecule has 2 aromatic rings. The molecule has 0 saturated heterocycles. The summed E-state index contributed by atoms with van der Waals surface area (Å²) in [4.78, 5) is 14.2. The smallest absolute Gasteiger partial charge is 0.230 e. The highest BCUT2D eigenvalue weighted by molar-refractivity contribution is 8.00. The molecule has 0 spiro atoms. The van der Waals surface area contributed by atoms with E-state index in [2.05, 4.69) is 5.32 Å². The van der Waals surface area contributed by atoms with Crippen molar-refractivity contribution >= 4 is 34.7 Å². The number of hydrogen-bond acceptors (Lipinski definition) is 4. The number of rotatable bonds is 5. The number of anilines is 1. The minimum absolute atomic E-state index is 0.0396. The lowest BCUT2D eigenvalue weighted by Gasteiger charge is -2.12. The molecule has 1 unspecified atom stereocenters. The summed E-state index contributed by atoms with van der Waals surface area (Å²) in [5.74, 6) is 0.442. The van der Waals surface area contributed by atoms with Crippen LogP contribution in [0.3, 0.4) is 0 Å². The number of benzene rings is 1. The highest BCUT2D eigenvalue weighted by atomic mass is 32.2. The van der Waals surface area contributed by atoms with Crippen LogP contribution in [0, 0.1) is 6.92 Å². The maximum absolute atomic E-state index is 12.0. The third-order valence-electron chi connectivity index (χ3n) is 2.92. The summed E-state index contributed by atoms with van der Waals surface area (Å²) < 4.78 is 0. The van der Waals surface area contributed by atoms with E-state index in [9.17, 15) is 4.79 Å². The predicted octanol–water partition coefficient (Wildman–Crippen LogP) is 3.61. The zero-order valence-corrected chi connectivity index (χ0v) is 13.2. The van der Waals surface area contributed by atoms with Gasteiger partial charge in [-0.15, -0.1) is 23.1 Å². The summed E-state index contributed by atoms with van der Waals surface area (Å²) in [5.41, 5.74) is 7.64. The lowest BCUT2D eigenvalue weighted by Crippen LogP contribution is -2.27. The first kappa shape index (κ1) is 14.9. The Hall–Kier alpha value is -1.46. The monoisotopic (exact) mass is 306 g/mol. The summed E-state index contributed by atoms with van der Waals surface area (Å²) in [6, 6.07) is 9.85. The number of thioether (sulfide) groups is 1. The Morgan fingerprint density at radius 3 is 2.95 bits per heavy atom. The lowest BCUT2D eigenvalue weighted by atomic mass is 10.2. The molecule has 0 bridgehead atoms. The van der Waals surface area contributed by atoms with E-state index in [-0.39, 0.29) is 11.9 Å². The number of hydrogen-bond donors (Lipinski definition) is 2. The highest BCUT2D eigenvalue weighted by Crippen LogP contribution is 2.25. The van der Waals surface area contributed by atoms with E-state index in [1.54, 1.807) is 11.3 Å². The fourth-order valence-corrected chi connectivity index (χ4v) is 3.43. The Balaban J connectivity index is 1.87. The number of nitrogens with two attached hydrogens (primary N) is 1. The topological polar surface area (TPSA) is 55.1 Å². The fourth-order valence-electron chi connectivity index (χ4n) is 1.81. The molecule has 106 valence electrons. The summed E-state index contributed by atoms with van der Waals surface area (Å²) in [5, 5.41) is 5.02. The second-order valence-electron chi connectivity index (χ2n) is 4.62. The number of nitrogen functional groups attached to an aromatic ring is 1. The average Bonchev–Trinajstić information content (AvgIpc) is 2.94. The number of nitrogens with one attached hydrogen (secondary N) is 1. The van der Waals surface area contributed by atoms with Gasteiger partial charge >= 0.3 is 0 Å². The summed E-state index contributed by atoms with van der Waals surface area (Å²) in [7, 11) is 0. The third kappa shape index (κ3) is 4.02. The average molecular weight is 306 g/mol. The van der Waals surface area contributed by atoms with E-state index in [1.807, 2.05) is 49.6 Å².